The van der Waals surface area contributed by atoms with Crippen LogP contribution in [0.5, 0.6) is 23.0 Å². The van der Waals surface area contributed by atoms with E-state index >= 15 is 0 Å². The van der Waals surface area contributed by atoms with Gasteiger partial charge in [0.15, 0.2) is 11.6 Å². The highest BCUT2D eigenvalue weighted by molar-refractivity contribution is 7.48. The highest BCUT2D eigenvalue weighted by Gasteiger charge is 2.28. The van der Waals surface area contributed by atoms with Gasteiger partial charge in [-0.15, -0.1) is 0 Å². The van der Waals surface area contributed by atoms with Crippen molar-refractivity contribution in [2.24, 2.45) is 0 Å². The number of benzene rings is 4. The summed E-state index contributed by atoms with van der Waals surface area (Å²) in [5, 5.41) is 1.14. The zero-order valence-corrected chi connectivity index (χ0v) is 29.1. The number of halogens is 2. The first kappa shape index (κ1) is 37.4. The molecule has 1 N–H and O–H groups in total. The number of ether oxygens (including phenoxy) is 2. The average molecular weight is 728 g/mol. The highest BCUT2D eigenvalue weighted by Crippen LogP contribution is 2.46. The molecule has 4 rings (SSSR count). The Morgan fingerprint density at radius 3 is 1.33 bits per heavy atom. The minimum absolute atomic E-state index is 0.00958. The number of carbonyl (C=O) groups excluding carboxylic acids is 4. The molecule has 0 spiro atoms. The topological polar surface area (TPSA) is 142 Å². The number of hydrogen-bond acceptors (Lipinski definition) is 9. The summed E-state index contributed by atoms with van der Waals surface area (Å²) in [4.78, 5) is 61.1. The fraction of sp³-hybridized carbons (Fsp3) is 0.222. The lowest BCUT2D eigenvalue weighted by Gasteiger charge is -2.17. The lowest BCUT2D eigenvalue weighted by Crippen LogP contribution is -2.11. The lowest BCUT2D eigenvalue weighted by atomic mass is 10.0. The summed E-state index contributed by atoms with van der Waals surface area (Å²) < 4.78 is 34.3. The van der Waals surface area contributed by atoms with Gasteiger partial charge in [0, 0.05) is 47.9 Å². The largest absolute Gasteiger partial charge is 0.584 e. The number of hydrogen-bond donors (Lipinski definition) is 1. The van der Waals surface area contributed by atoms with E-state index in [2.05, 4.69) is 0 Å². The fourth-order valence-corrected chi connectivity index (χ4v) is 5.56. The molecule has 0 fully saturated rings. The molecule has 0 heterocycles. The van der Waals surface area contributed by atoms with Crippen molar-refractivity contribution in [2.75, 3.05) is 0 Å². The molecule has 49 heavy (non-hydrogen) atoms. The monoisotopic (exact) mass is 726 g/mol. The van der Waals surface area contributed by atoms with Crippen LogP contribution < -0.4 is 18.5 Å². The van der Waals surface area contributed by atoms with Crippen LogP contribution in [-0.4, -0.2) is 28.4 Å². The van der Waals surface area contributed by atoms with Crippen LogP contribution in [0.1, 0.15) is 71.4 Å². The van der Waals surface area contributed by atoms with Crippen molar-refractivity contribution in [1.29, 1.82) is 0 Å². The minimum atomic E-state index is -4.92. The van der Waals surface area contributed by atoms with Gasteiger partial charge < -0.3 is 18.5 Å². The Kier molecular flexibility index (Phi) is 13.2. The van der Waals surface area contributed by atoms with Gasteiger partial charge in [-0.3, -0.25) is 24.1 Å². The van der Waals surface area contributed by atoms with Gasteiger partial charge in [-0.25, -0.2) is 4.57 Å². The van der Waals surface area contributed by atoms with Crippen LogP contribution in [-0.2, 0) is 27.0 Å². The van der Waals surface area contributed by atoms with Gasteiger partial charge in [0.05, 0.1) is 11.1 Å². The maximum Gasteiger partial charge on any atom is 0.584 e. The van der Waals surface area contributed by atoms with E-state index in [1.54, 1.807) is 62.4 Å². The Labute approximate surface area is 293 Å². The predicted octanol–water partition coefficient (Wildman–Crippen LogP) is 8.81. The molecule has 0 amide bonds. The van der Waals surface area contributed by atoms with Crippen molar-refractivity contribution in [2.45, 2.75) is 52.4 Å². The van der Waals surface area contributed by atoms with E-state index in [1.807, 2.05) is 0 Å². The Morgan fingerprint density at radius 1 is 0.612 bits per heavy atom. The van der Waals surface area contributed by atoms with Crippen LogP contribution in [0.4, 0.5) is 0 Å². The Bertz CT molecular complexity index is 1740. The molecule has 0 unspecified atom stereocenters. The van der Waals surface area contributed by atoms with E-state index in [9.17, 15) is 28.6 Å². The summed E-state index contributed by atoms with van der Waals surface area (Å²) in [6, 6.07) is 21.5. The molecule has 256 valence electrons. The molecule has 0 aliphatic rings. The van der Waals surface area contributed by atoms with E-state index in [0.29, 0.717) is 22.9 Å². The summed E-state index contributed by atoms with van der Waals surface area (Å²) in [6.45, 7) is 3.15. The lowest BCUT2D eigenvalue weighted by molar-refractivity contribution is -0.134. The summed E-state index contributed by atoms with van der Waals surface area (Å²) in [7, 11) is -4.92. The van der Waals surface area contributed by atoms with Crippen molar-refractivity contribution < 1.29 is 47.2 Å². The van der Waals surface area contributed by atoms with Crippen LogP contribution in [0.15, 0.2) is 84.9 Å². The normalized spacial score (nSPS) is 11.0. The van der Waals surface area contributed by atoms with Crippen LogP contribution in [0.2, 0.25) is 10.0 Å². The van der Waals surface area contributed by atoms with Crippen molar-refractivity contribution in [3.8, 4) is 23.0 Å². The van der Waals surface area contributed by atoms with Crippen LogP contribution in [0, 0.1) is 0 Å². The van der Waals surface area contributed by atoms with E-state index < -0.39 is 19.8 Å². The highest BCUT2D eigenvalue weighted by atomic mass is 35.5. The number of phosphoric acid groups is 1. The van der Waals surface area contributed by atoms with Crippen LogP contribution in [0.3, 0.4) is 0 Å². The van der Waals surface area contributed by atoms with Crippen molar-refractivity contribution in [1.82, 2.24) is 0 Å². The van der Waals surface area contributed by atoms with E-state index in [-0.39, 0.29) is 71.4 Å². The molecule has 0 atom stereocenters. The second-order valence-corrected chi connectivity index (χ2v) is 12.9. The third-order valence-electron chi connectivity index (χ3n) is 7.08. The molecule has 0 bridgehead atoms. The first-order valence-electron chi connectivity index (χ1n) is 15.3. The first-order chi connectivity index (χ1) is 23.3. The average Bonchev–Trinajstić information content (AvgIpc) is 3.07. The number of rotatable bonds is 16. The van der Waals surface area contributed by atoms with Gasteiger partial charge in [-0.1, -0.05) is 61.3 Å². The predicted molar refractivity (Wildman–Crippen MR) is 184 cm³/mol. The van der Waals surface area contributed by atoms with Gasteiger partial charge >= 0.3 is 19.8 Å². The number of carbonyl (C=O) groups is 4. The van der Waals surface area contributed by atoms with Crippen LogP contribution >= 0.6 is 31.0 Å². The van der Waals surface area contributed by atoms with Gasteiger partial charge in [0.1, 0.15) is 23.0 Å². The Balaban J connectivity index is 1.50. The SMILES string of the molecule is CCC(=O)Oc1cc(OP(=O)(O)Oc2ccc(C(=O)CCc3ccc(Cl)cc3)c(OC(=O)CC)c2)ccc1C(=O)CCc1ccc(Cl)cc1. The number of phosphoric ester groups is 1. The second kappa shape index (κ2) is 17.3. The molecule has 0 radical (unpaired) electrons. The molecule has 0 saturated carbocycles. The molecule has 0 aliphatic heterocycles. The smallest absolute Gasteiger partial charge is 0.426 e. The molecule has 0 saturated heterocycles. The zero-order chi connectivity index (χ0) is 35.6. The number of Topliss-reactive ketones (excluding diaryl/α,β-unsaturated/α-hetero) is 2. The number of esters is 2. The molecular formula is C36H33Cl2O10P. The second-order valence-electron chi connectivity index (χ2n) is 10.7. The van der Waals surface area contributed by atoms with Crippen LogP contribution in [0.25, 0.3) is 0 Å². The van der Waals surface area contributed by atoms with Gasteiger partial charge in [0.2, 0.25) is 0 Å². The Hall–Kier alpha value is -4.47. The van der Waals surface area contributed by atoms with Crippen molar-refractivity contribution in [3.05, 3.63) is 117 Å². The molecule has 13 heteroatoms. The minimum Gasteiger partial charge on any atom is -0.426 e. The Morgan fingerprint density at radius 2 is 0.980 bits per heavy atom. The molecular weight excluding hydrogens is 694 g/mol. The molecule has 0 aliphatic carbocycles. The standard InChI is InChI=1S/C36H33Cl2O10P/c1-3-35(41)45-33-21-27(15-17-29(33)31(39)19-9-23-5-11-25(37)12-6-23)47-49(43,44)48-28-16-18-30(34(22-28)46-36(42)4-2)32(40)20-10-24-7-13-26(38)14-8-24/h5-8,11-18,21-22H,3-4,9-10,19-20H2,1-2H3,(H,43,44). The molecule has 4 aromatic rings. The van der Waals surface area contributed by atoms with E-state index in [1.165, 1.54) is 24.3 Å². The summed E-state index contributed by atoms with van der Waals surface area (Å²) >= 11 is 11.9. The van der Waals surface area contributed by atoms with Gasteiger partial charge in [-0.05, 0) is 72.5 Å². The van der Waals surface area contributed by atoms with Crippen molar-refractivity contribution >= 4 is 54.5 Å². The number of aryl methyl sites for hydroxylation is 2. The quantitative estimate of drug-likeness (QED) is 0.0515. The van der Waals surface area contributed by atoms with Crippen molar-refractivity contribution in [3.63, 3.8) is 0 Å². The third-order valence-corrected chi connectivity index (χ3v) is 8.47. The van der Waals surface area contributed by atoms with Gasteiger partial charge in [-0.2, -0.15) is 0 Å². The third kappa shape index (κ3) is 11.3. The fourth-order valence-electron chi connectivity index (χ4n) is 4.51. The number of ketones is 2. The molecule has 10 nitrogen and oxygen atoms in total. The first-order valence-corrected chi connectivity index (χ1v) is 17.6. The summed E-state index contributed by atoms with van der Waals surface area (Å²) in [6.07, 6.45) is 0.995. The van der Waals surface area contributed by atoms with E-state index in [0.717, 1.165) is 23.3 Å². The summed E-state index contributed by atoms with van der Waals surface area (Å²) in [5.41, 5.74) is 1.92. The maximum absolute atomic E-state index is 13.1. The maximum atomic E-state index is 13.1. The summed E-state index contributed by atoms with van der Waals surface area (Å²) in [5.74, 6) is -2.70. The molecule has 0 aromatic heterocycles. The van der Waals surface area contributed by atoms with E-state index in [4.69, 9.17) is 41.7 Å². The van der Waals surface area contributed by atoms with Gasteiger partial charge in [0.25, 0.3) is 0 Å². The zero-order valence-electron chi connectivity index (χ0n) is 26.7. The molecule has 4 aromatic carbocycles.